The maximum atomic E-state index is 11.9. The van der Waals surface area contributed by atoms with E-state index < -0.39 is 5.97 Å². The highest BCUT2D eigenvalue weighted by molar-refractivity contribution is 8.15. The number of hydrogen-bond acceptors (Lipinski definition) is 6. The van der Waals surface area contributed by atoms with E-state index in [0.29, 0.717) is 30.3 Å². The number of nitrogens with one attached hydrogen (secondary N) is 1. The molecule has 25 heavy (non-hydrogen) atoms. The average Bonchev–Trinajstić information content (AvgIpc) is 2.55. The number of likely N-dealkylation sites (N-methyl/N-ethyl adjacent to an activating group) is 1. The Hall–Kier alpha value is -2.81. The summed E-state index contributed by atoms with van der Waals surface area (Å²) in [5.41, 5.74) is 0.458. The third-order valence-corrected chi connectivity index (χ3v) is 3.74. The maximum absolute atomic E-state index is 11.9. The van der Waals surface area contributed by atoms with E-state index in [1.807, 2.05) is 0 Å². The van der Waals surface area contributed by atoms with E-state index in [0.717, 1.165) is 6.07 Å². The molecule has 2 amide bonds. The van der Waals surface area contributed by atoms with Crippen LogP contribution in [0.5, 0.6) is 5.75 Å². The molecule has 1 aromatic carbocycles. The first-order chi connectivity index (χ1) is 11.8. The van der Waals surface area contributed by atoms with Gasteiger partial charge < -0.3 is 20.4 Å². The number of carboxylic acid groups (broad SMARTS) is 1. The predicted molar refractivity (Wildman–Crippen MR) is 94.0 cm³/mol. The highest BCUT2D eigenvalue weighted by Gasteiger charge is 2.14. The number of nitrogens with zero attached hydrogens (tertiary/aromatic N) is 1. The van der Waals surface area contributed by atoms with Gasteiger partial charge in [0, 0.05) is 25.7 Å². The lowest BCUT2D eigenvalue weighted by atomic mass is 10.1. The molecule has 0 bridgehead atoms. The molecule has 1 aromatic rings. The Balaban J connectivity index is 2.49. The molecular weight excluding hydrogens is 348 g/mol. The topological polar surface area (TPSA) is 124 Å². The molecule has 0 radical (unpaired) electrons. The lowest BCUT2D eigenvalue weighted by Gasteiger charge is -2.17. The SMILES string of the molecule is C=C(SC=O)C(=O)N(C)CCCC(=O)Nc1ccc(O)c(C(=O)O)c1. The van der Waals surface area contributed by atoms with Gasteiger partial charge in [-0.15, -0.1) is 0 Å². The van der Waals surface area contributed by atoms with Crippen molar-refractivity contribution < 1.29 is 29.4 Å². The maximum Gasteiger partial charge on any atom is 0.339 e. The summed E-state index contributed by atoms with van der Waals surface area (Å²) in [5.74, 6) is -2.44. The first-order valence-electron chi connectivity index (χ1n) is 7.17. The molecule has 0 heterocycles. The van der Waals surface area contributed by atoms with Gasteiger partial charge in [0.2, 0.25) is 5.91 Å². The lowest BCUT2D eigenvalue weighted by Crippen LogP contribution is -2.28. The number of aromatic hydroxyl groups is 1. The normalized spacial score (nSPS) is 9.96. The highest BCUT2D eigenvalue weighted by atomic mass is 32.2. The first-order valence-corrected chi connectivity index (χ1v) is 8.05. The number of phenols is 1. The molecule has 8 nitrogen and oxygen atoms in total. The van der Waals surface area contributed by atoms with Crippen molar-refractivity contribution in [3.05, 3.63) is 35.2 Å². The molecule has 0 aliphatic carbocycles. The number of carbonyl (C=O) groups excluding carboxylic acids is 3. The van der Waals surface area contributed by atoms with Gasteiger partial charge in [-0.1, -0.05) is 18.3 Å². The van der Waals surface area contributed by atoms with Crippen molar-refractivity contribution in [2.75, 3.05) is 18.9 Å². The molecule has 0 saturated heterocycles. The number of amides is 2. The van der Waals surface area contributed by atoms with E-state index in [-0.39, 0.29) is 40.1 Å². The zero-order chi connectivity index (χ0) is 19.0. The van der Waals surface area contributed by atoms with Crippen LogP contribution in [0.1, 0.15) is 23.2 Å². The molecular formula is C16H18N2O6S. The van der Waals surface area contributed by atoms with Crippen LogP contribution in [0, 0.1) is 0 Å². The van der Waals surface area contributed by atoms with Crippen molar-refractivity contribution in [3.63, 3.8) is 0 Å². The van der Waals surface area contributed by atoms with Crippen molar-refractivity contribution in [2.45, 2.75) is 12.8 Å². The Morgan fingerprint density at radius 3 is 2.64 bits per heavy atom. The van der Waals surface area contributed by atoms with Crippen LogP contribution < -0.4 is 5.32 Å². The highest BCUT2D eigenvalue weighted by Crippen LogP contribution is 2.21. The largest absolute Gasteiger partial charge is 0.507 e. The molecule has 134 valence electrons. The lowest BCUT2D eigenvalue weighted by molar-refractivity contribution is -0.125. The molecule has 0 fully saturated rings. The smallest absolute Gasteiger partial charge is 0.339 e. The molecule has 0 aromatic heterocycles. The Kier molecular flexibility index (Phi) is 7.67. The molecule has 0 atom stereocenters. The van der Waals surface area contributed by atoms with E-state index in [9.17, 15) is 24.3 Å². The monoisotopic (exact) mass is 366 g/mol. The zero-order valence-electron chi connectivity index (χ0n) is 13.5. The van der Waals surface area contributed by atoms with E-state index >= 15 is 0 Å². The van der Waals surface area contributed by atoms with Crippen molar-refractivity contribution >= 4 is 40.9 Å². The molecule has 0 saturated carbocycles. The summed E-state index contributed by atoms with van der Waals surface area (Å²) in [6.45, 7) is 3.78. The third-order valence-electron chi connectivity index (χ3n) is 3.18. The Morgan fingerprint density at radius 1 is 1.36 bits per heavy atom. The average molecular weight is 366 g/mol. The summed E-state index contributed by atoms with van der Waals surface area (Å²) in [5, 5.41) is 20.9. The summed E-state index contributed by atoms with van der Waals surface area (Å²) in [6.07, 6.45) is 0.477. The third kappa shape index (κ3) is 6.30. The molecule has 0 aliphatic heterocycles. The van der Waals surface area contributed by atoms with Crippen LogP contribution in [0.4, 0.5) is 5.69 Å². The standard InChI is InChI=1S/C16H18N2O6S/c1-10(25-9-19)15(22)18(2)7-3-4-14(21)17-11-5-6-13(20)12(8-11)16(23)24/h5-6,8-9,20H,1,3-4,7H2,2H3,(H,17,21)(H,23,24). The van der Waals surface area contributed by atoms with Crippen LogP contribution in [0.25, 0.3) is 0 Å². The predicted octanol–water partition coefficient (Wildman–Crippen LogP) is 1.70. The summed E-state index contributed by atoms with van der Waals surface area (Å²) in [7, 11) is 1.54. The number of hydrogen-bond donors (Lipinski definition) is 3. The minimum atomic E-state index is -1.30. The van der Waals surface area contributed by atoms with Gasteiger partial charge in [-0.05, 0) is 24.6 Å². The van der Waals surface area contributed by atoms with E-state index in [1.54, 1.807) is 0 Å². The van der Waals surface area contributed by atoms with Crippen LogP contribution in [0.3, 0.4) is 0 Å². The van der Waals surface area contributed by atoms with Gasteiger partial charge in [-0.25, -0.2) is 4.79 Å². The first kappa shape index (κ1) is 20.2. The molecule has 9 heteroatoms. The number of carboxylic acids is 1. The fourth-order valence-electron chi connectivity index (χ4n) is 1.91. The second-order valence-corrected chi connectivity index (χ2v) is 5.97. The quantitative estimate of drug-likeness (QED) is 0.345. The van der Waals surface area contributed by atoms with E-state index in [1.165, 1.54) is 24.1 Å². The Bertz CT molecular complexity index is 704. The summed E-state index contributed by atoms with van der Waals surface area (Å²) >= 11 is 0.700. The fourth-order valence-corrected chi connectivity index (χ4v) is 2.28. The van der Waals surface area contributed by atoms with Gasteiger partial charge in [0.25, 0.3) is 5.91 Å². The minimum Gasteiger partial charge on any atom is -0.507 e. The van der Waals surface area contributed by atoms with Gasteiger partial charge in [-0.3, -0.25) is 14.4 Å². The van der Waals surface area contributed by atoms with Crippen LogP contribution in [0.15, 0.2) is 29.7 Å². The van der Waals surface area contributed by atoms with Crippen molar-refractivity contribution in [1.29, 1.82) is 0 Å². The van der Waals surface area contributed by atoms with Gasteiger partial charge in [-0.2, -0.15) is 0 Å². The van der Waals surface area contributed by atoms with Crippen molar-refractivity contribution in [1.82, 2.24) is 4.90 Å². The van der Waals surface area contributed by atoms with Crippen molar-refractivity contribution in [2.24, 2.45) is 0 Å². The van der Waals surface area contributed by atoms with Gasteiger partial charge in [0.15, 0.2) is 5.62 Å². The number of thioether (sulfide) groups is 1. The number of rotatable bonds is 9. The Labute approximate surface area is 148 Å². The number of aromatic carboxylic acids is 1. The summed E-state index contributed by atoms with van der Waals surface area (Å²) in [4.78, 5) is 46.4. The molecule has 1 rings (SSSR count). The van der Waals surface area contributed by atoms with Gasteiger partial charge in [0.05, 0.1) is 4.91 Å². The fraction of sp³-hybridized carbons (Fsp3) is 0.250. The van der Waals surface area contributed by atoms with Gasteiger partial charge in [0.1, 0.15) is 11.3 Å². The number of carbonyl (C=O) groups is 4. The van der Waals surface area contributed by atoms with Crippen LogP contribution >= 0.6 is 11.8 Å². The molecule has 0 aliphatic rings. The molecule has 0 unspecified atom stereocenters. The number of benzene rings is 1. The second kappa shape index (κ2) is 9.48. The Morgan fingerprint density at radius 2 is 2.04 bits per heavy atom. The summed E-state index contributed by atoms with van der Waals surface area (Å²) in [6, 6.07) is 3.73. The van der Waals surface area contributed by atoms with Crippen LogP contribution in [-0.2, 0) is 14.4 Å². The number of anilines is 1. The second-order valence-electron chi connectivity index (χ2n) is 5.05. The van der Waals surface area contributed by atoms with Crippen LogP contribution in [-0.4, -0.2) is 52.1 Å². The summed E-state index contributed by atoms with van der Waals surface area (Å²) < 4.78 is 0. The van der Waals surface area contributed by atoms with Crippen molar-refractivity contribution in [3.8, 4) is 5.75 Å². The molecule has 0 spiro atoms. The zero-order valence-corrected chi connectivity index (χ0v) is 14.3. The van der Waals surface area contributed by atoms with Gasteiger partial charge >= 0.3 is 5.97 Å². The van der Waals surface area contributed by atoms with Crippen LogP contribution in [0.2, 0.25) is 0 Å². The van der Waals surface area contributed by atoms with E-state index in [2.05, 4.69) is 11.9 Å². The minimum absolute atomic E-state index is 0.104. The van der Waals surface area contributed by atoms with E-state index in [4.69, 9.17) is 5.11 Å². The molecule has 3 N–H and O–H groups in total.